The molecular formula is C26H30N4O5. The van der Waals surface area contributed by atoms with Crippen molar-refractivity contribution in [3.8, 4) is 5.75 Å². The molecule has 35 heavy (non-hydrogen) atoms. The van der Waals surface area contributed by atoms with Gasteiger partial charge < -0.3 is 25.6 Å². The van der Waals surface area contributed by atoms with Gasteiger partial charge in [-0.3, -0.25) is 14.3 Å². The normalized spacial score (nSPS) is 16.4. The molecule has 9 heteroatoms. The van der Waals surface area contributed by atoms with E-state index < -0.39 is 30.1 Å². The summed E-state index contributed by atoms with van der Waals surface area (Å²) < 4.78 is 7.56. The highest BCUT2D eigenvalue weighted by Gasteiger charge is 2.50. The maximum atomic E-state index is 13.2. The number of fused-ring (bicyclic) bond motifs is 1. The van der Waals surface area contributed by atoms with Gasteiger partial charge in [-0.1, -0.05) is 50.2 Å². The number of nitrogens with zero attached hydrogens (tertiary/aromatic N) is 3. The first-order chi connectivity index (χ1) is 16.7. The molecular weight excluding hydrogens is 448 g/mol. The Labute approximate surface area is 203 Å². The number of aromatic nitrogens is 2. The van der Waals surface area contributed by atoms with Crippen molar-refractivity contribution in [2.24, 2.45) is 11.7 Å². The van der Waals surface area contributed by atoms with Crippen LogP contribution in [0.1, 0.15) is 26.0 Å². The fourth-order valence-electron chi connectivity index (χ4n) is 4.57. The molecule has 0 spiro atoms. The Kier molecular flexibility index (Phi) is 6.90. The van der Waals surface area contributed by atoms with Gasteiger partial charge >= 0.3 is 0 Å². The van der Waals surface area contributed by atoms with Crippen LogP contribution in [-0.2, 0) is 21.7 Å². The molecule has 0 bridgehead atoms. The van der Waals surface area contributed by atoms with Gasteiger partial charge in [0.15, 0.2) is 5.54 Å². The maximum Gasteiger partial charge on any atom is 0.251 e. The van der Waals surface area contributed by atoms with Gasteiger partial charge in [-0.2, -0.15) is 5.10 Å². The lowest BCUT2D eigenvalue weighted by Gasteiger charge is -2.39. The topological polar surface area (TPSA) is 131 Å². The molecule has 3 aromatic rings. The van der Waals surface area contributed by atoms with Gasteiger partial charge in [-0.05, 0) is 29.9 Å². The second kappa shape index (κ2) is 9.89. The van der Waals surface area contributed by atoms with E-state index in [-0.39, 0.29) is 25.4 Å². The van der Waals surface area contributed by atoms with Crippen LogP contribution < -0.4 is 10.5 Å². The molecule has 0 unspecified atom stereocenters. The molecule has 2 aromatic carbocycles. The third-order valence-corrected chi connectivity index (χ3v) is 6.10. The molecule has 184 valence electrons. The monoisotopic (exact) mass is 478 g/mol. The summed E-state index contributed by atoms with van der Waals surface area (Å²) in [6, 6.07) is 15.1. The summed E-state index contributed by atoms with van der Waals surface area (Å²) in [7, 11) is 0. The van der Waals surface area contributed by atoms with Crippen LogP contribution in [0, 0.1) is 5.92 Å². The molecule has 4 rings (SSSR count). The first-order valence-electron chi connectivity index (χ1n) is 11.5. The molecule has 0 aliphatic carbocycles. The molecule has 2 atom stereocenters. The number of benzene rings is 2. The number of hydrogen-bond donors (Lipinski definition) is 3. The number of hydrogen-bond acceptors (Lipinski definition) is 6. The molecule has 2 amide bonds. The highest BCUT2D eigenvalue weighted by Crippen LogP contribution is 2.38. The zero-order valence-corrected chi connectivity index (χ0v) is 19.8. The molecule has 0 radical (unpaired) electrons. The molecule has 4 N–H and O–H groups in total. The SMILES string of the molecule is CC(C)C[C@@](C(N)=O)(c1ccn(C[C@@H](O)CO)n1)N1CC(Oc2cccc3ccccc23)=CC1=O. The van der Waals surface area contributed by atoms with Crippen molar-refractivity contribution in [1.29, 1.82) is 0 Å². The first-order valence-corrected chi connectivity index (χ1v) is 11.5. The summed E-state index contributed by atoms with van der Waals surface area (Å²) in [5.74, 6) is -0.0841. The average Bonchev–Trinajstić information content (AvgIpc) is 3.44. The van der Waals surface area contributed by atoms with Crippen LogP contribution in [0.25, 0.3) is 10.8 Å². The summed E-state index contributed by atoms with van der Waals surface area (Å²) in [5, 5.41) is 25.3. The number of rotatable bonds is 10. The quantitative estimate of drug-likeness (QED) is 0.408. The van der Waals surface area contributed by atoms with Gasteiger partial charge in [0.1, 0.15) is 11.5 Å². The molecule has 9 nitrogen and oxygen atoms in total. The van der Waals surface area contributed by atoms with Crippen LogP contribution in [0.15, 0.2) is 66.6 Å². The Bertz CT molecular complexity index is 1260. The second-order valence-electron chi connectivity index (χ2n) is 9.20. The van der Waals surface area contributed by atoms with Crippen molar-refractivity contribution < 1.29 is 24.5 Å². The Hall–Kier alpha value is -3.69. The molecule has 0 saturated heterocycles. The number of ether oxygens (including phenoxy) is 1. The van der Waals surface area contributed by atoms with E-state index in [1.54, 1.807) is 12.3 Å². The van der Waals surface area contributed by atoms with Crippen LogP contribution in [0.2, 0.25) is 0 Å². The van der Waals surface area contributed by atoms with Crippen molar-refractivity contribution in [3.63, 3.8) is 0 Å². The second-order valence-corrected chi connectivity index (χ2v) is 9.20. The van der Waals surface area contributed by atoms with E-state index >= 15 is 0 Å². The van der Waals surface area contributed by atoms with Gasteiger partial charge in [-0.25, -0.2) is 0 Å². The highest BCUT2D eigenvalue weighted by molar-refractivity contribution is 5.97. The summed E-state index contributed by atoms with van der Waals surface area (Å²) in [6.45, 7) is 3.53. The van der Waals surface area contributed by atoms with Crippen molar-refractivity contribution >= 4 is 22.6 Å². The van der Waals surface area contributed by atoms with Crippen LogP contribution in [0.3, 0.4) is 0 Å². The smallest absolute Gasteiger partial charge is 0.251 e. The molecule has 2 heterocycles. The van der Waals surface area contributed by atoms with E-state index in [4.69, 9.17) is 15.6 Å². The standard InChI is InChI=1S/C26H30N4O5/c1-17(2)13-26(25(27)34,23-10-11-29(28-23)14-19(32)16-31)30-15-20(12-24(30)33)35-22-9-5-7-18-6-3-4-8-21(18)22/h3-12,17,19,31-32H,13-16H2,1-2H3,(H2,27,34)/t19-,26+/m1/s1. The Balaban J connectivity index is 1.67. The maximum absolute atomic E-state index is 13.2. The highest BCUT2D eigenvalue weighted by atomic mass is 16.5. The van der Waals surface area contributed by atoms with E-state index in [0.29, 0.717) is 17.2 Å². The van der Waals surface area contributed by atoms with E-state index in [9.17, 15) is 14.7 Å². The van der Waals surface area contributed by atoms with Gasteiger partial charge in [-0.15, -0.1) is 0 Å². The summed E-state index contributed by atoms with van der Waals surface area (Å²) in [4.78, 5) is 27.7. The number of amides is 2. The molecule has 1 aromatic heterocycles. The Morgan fingerprint density at radius 3 is 2.66 bits per heavy atom. The molecule has 1 aliphatic rings. The van der Waals surface area contributed by atoms with Crippen molar-refractivity contribution in [1.82, 2.24) is 14.7 Å². The molecule has 0 fully saturated rings. The Morgan fingerprint density at radius 2 is 1.94 bits per heavy atom. The molecule has 1 aliphatic heterocycles. The van der Waals surface area contributed by atoms with Gasteiger partial charge in [0.05, 0.1) is 31.5 Å². The van der Waals surface area contributed by atoms with E-state index in [1.165, 1.54) is 15.7 Å². The molecule has 0 saturated carbocycles. The Morgan fingerprint density at radius 1 is 1.20 bits per heavy atom. The van der Waals surface area contributed by atoms with Gasteiger partial charge in [0.2, 0.25) is 5.91 Å². The minimum Gasteiger partial charge on any atom is -0.459 e. The third kappa shape index (κ3) is 4.78. The van der Waals surface area contributed by atoms with Crippen LogP contribution >= 0.6 is 0 Å². The lowest BCUT2D eigenvalue weighted by atomic mass is 9.83. The van der Waals surface area contributed by atoms with Crippen molar-refractivity contribution in [2.75, 3.05) is 13.2 Å². The van der Waals surface area contributed by atoms with Crippen molar-refractivity contribution in [3.05, 3.63) is 72.3 Å². The summed E-state index contributed by atoms with van der Waals surface area (Å²) >= 11 is 0. The fraction of sp³-hybridized carbons (Fsp3) is 0.346. The fourth-order valence-corrected chi connectivity index (χ4v) is 4.57. The third-order valence-electron chi connectivity index (χ3n) is 6.10. The van der Waals surface area contributed by atoms with E-state index in [1.807, 2.05) is 56.3 Å². The number of carbonyl (C=O) groups excluding carboxylic acids is 2. The zero-order valence-electron chi connectivity index (χ0n) is 19.8. The van der Waals surface area contributed by atoms with Crippen LogP contribution in [0.5, 0.6) is 5.75 Å². The zero-order chi connectivity index (χ0) is 25.2. The number of primary amides is 1. The number of aliphatic hydroxyl groups is 2. The van der Waals surface area contributed by atoms with Crippen molar-refractivity contribution in [2.45, 2.75) is 38.5 Å². The van der Waals surface area contributed by atoms with E-state index in [0.717, 1.165) is 10.8 Å². The number of aliphatic hydroxyl groups excluding tert-OH is 2. The predicted octanol–water partition coefficient (Wildman–Crippen LogP) is 1.92. The predicted molar refractivity (Wildman–Crippen MR) is 130 cm³/mol. The van der Waals surface area contributed by atoms with Gasteiger partial charge in [0, 0.05) is 17.7 Å². The number of carbonyl (C=O) groups is 2. The lowest BCUT2D eigenvalue weighted by Crippen LogP contribution is -2.57. The van der Waals surface area contributed by atoms with Crippen LogP contribution in [0.4, 0.5) is 0 Å². The van der Waals surface area contributed by atoms with Crippen LogP contribution in [-0.4, -0.2) is 56.0 Å². The number of nitrogens with two attached hydrogens (primary N) is 1. The first kappa shape index (κ1) is 24.4. The average molecular weight is 479 g/mol. The minimum absolute atomic E-state index is 0.00603. The summed E-state index contributed by atoms with van der Waals surface area (Å²) in [5.41, 5.74) is 4.76. The van der Waals surface area contributed by atoms with Gasteiger partial charge in [0.25, 0.3) is 5.91 Å². The lowest BCUT2D eigenvalue weighted by molar-refractivity contribution is -0.144. The largest absolute Gasteiger partial charge is 0.459 e. The summed E-state index contributed by atoms with van der Waals surface area (Å²) in [6.07, 6.45) is 2.22. The van der Waals surface area contributed by atoms with E-state index in [2.05, 4.69) is 5.10 Å². The minimum atomic E-state index is -1.51.